The molecule has 1 amide bonds. The number of carbonyl (C=O) groups is 1. The van der Waals surface area contributed by atoms with Gasteiger partial charge >= 0.3 is 0 Å². The molecule has 1 N–H and O–H groups in total. The van der Waals surface area contributed by atoms with Gasteiger partial charge in [-0.25, -0.2) is 18.4 Å². The Labute approximate surface area is 155 Å². The smallest absolute Gasteiger partial charge is 0.225 e. The van der Waals surface area contributed by atoms with Crippen molar-refractivity contribution in [3.63, 3.8) is 0 Å². The Hall–Kier alpha value is -2.52. The minimum absolute atomic E-state index is 0.100. The molecule has 7 nitrogen and oxygen atoms in total. The summed E-state index contributed by atoms with van der Waals surface area (Å²) in [6.45, 7) is 3.63. The third kappa shape index (κ3) is 3.68. The van der Waals surface area contributed by atoms with Crippen LogP contribution in [0.25, 0.3) is 16.1 Å². The van der Waals surface area contributed by atoms with Crippen molar-refractivity contribution in [2.24, 2.45) is 0 Å². The minimum atomic E-state index is -3.40. The summed E-state index contributed by atoms with van der Waals surface area (Å²) in [5.74, 6) is -0.100. The van der Waals surface area contributed by atoms with E-state index in [1.165, 1.54) is 17.6 Å². The number of hydrogen-bond donors (Lipinski definition) is 1. The molecule has 2 heterocycles. The second kappa shape index (κ2) is 7.00. The lowest BCUT2D eigenvalue weighted by molar-refractivity contribution is -0.115. The summed E-state index contributed by atoms with van der Waals surface area (Å²) in [4.78, 5) is 21.1. The number of rotatable bonds is 5. The number of hydrogen-bond acceptors (Lipinski definition) is 6. The van der Waals surface area contributed by atoms with Crippen molar-refractivity contribution in [2.45, 2.75) is 25.2 Å². The molecule has 0 radical (unpaired) electrons. The van der Waals surface area contributed by atoms with Crippen molar-refractivity contribution in [1.82, 2.24) is 14.5 Å². The highest BCUT2D eigenvalue weighted by Crippen LogP contribution is 2.35. The molecule has 9 heteroatoms. The lowest BCUT2D eigenvalue weighted by Crippen LogP contribution is -2.08. The zero-order valence-electron chi connectivity index (χ0n) is 14.6. The van der Waals surface area contributed by atoms with Crippen molar-refractivity contribution in [3.8, 4) is 16.1 Å². The van der Waals surface area contributed by atoms with Gasteiger partial charge in [-0.1, -0.05) is 24.3 Å². The molecule has 0 bridgehead atoms. The quantitative estimate of drug-likeness (QED) is 0.723. The number of nitrogens with zero attached hydrogens (tertiary/aromatic N) is 3. The summed E-state index contributed by atoms with van der Waals surface area (Å²) in [5.41, 5.74) is 2.12. The molecule has 0 unspecified atom stereocenters. The number of imidazole rings is 1. The Morgan fingerprint density at radius 1 is 1.35 bits per heavy atom. The van der Waals surface area contributed by atoms with Crippen LogP contribution in [0, 0.1) is 6.92 Å². The van der Waals surface area contributed by atoms with Gasteiger partial charge in [0.1, 0.15) is 0 Å². The summed E-state index contributed by atoms with van der Waals surface area (Å²) in [5, 5.41) is 3.29. The summed E-state index contributed by atoms with van der Waals surface area (Å²) >= 11 is 1.36. The Balaban J connectivity index is 2.10. The van der Waals surface area contributed by atoms with Gasteiger partial charge in [-0.05, 0) is 24.6 Å². The molecule has 0 spiro atoms. The largest absolute Gasteiger partial charge is 0.305 e. The molecule has 0 saturated carbocycles. The van der Waals surface area contributed by atoms with Crippen LogP contribution in [-0.2, 0) is 14.6 Å². The molecule has 0 aliphatic heterocycles. The second-order valence-electron chi connectivity index (χ2n) is 5.76. The van der Waals surface area contributed by atoms with Gasteiger partial charge in [0, 0.05) is 25.1 Å². The summed E-state index contributed by atoms with van der Waals surface area (Å²) in [6, 6.07) is 5.14. The number of thiazole rings is 1. The molecular formula is C17H18N4O3S2. The fourth-order valence-corrected chi connectivity index (χ4v) is 4.34. The van der Waals surface area contributed by atoms with Gasteiger partial charge in [0.2, 0.25) is 5.91 Å². The lowest BCUT2D eigenvalue weighted by Gasteiger charge is -2.11. The molecule has 1 aromatic carbocycles. The highest BCUT2D eigenvalue weighted by molar-refractivity contribution is 7.90. The van der Waals surface area contributed by atoms with Gasteiger partial charge in [-0.3, -0.25) is 4.79 Å². The van der Waals surface area contributed by atoms with Crippen molar-refractivity contribution in [1.29, 1.82) is 0 Å². The van der Waals surface area contributed by atoms with Gasteiger partial charge in [0.25, 0.3) is 0 Å². The van der Waals surface area contributed by atoms with E-state index >= 15 is 0 Å². The maximum atomic E-state index is 12.1. The predicted molar refractivity (Wildman–Crippen MR) is 101 cm³/mol. The standard InChI is InChI=1S/C17H18N4O3S2/c1-4-15(22)20-17-19-11(2)16(25-17)12-5-6-14(26(3,23)24)13(9-12)21-8-7-18-10-21/h5-10H,4H2,1-3H3,(H,19,20,22). The van der Waals surface area contributed by atoms with Crippen molar-refractivity contribution < 1.29 is 13.2 Å². The molecule has 0 atom stereocenters. The fraction of sp³-hybridized carbons (Fsp3) is 0.235. The Bertz CT molecular complexity index is 1050. The third-order valence-corrected chi connectivity index (χ3v) is 6.03. The van der Waals surface area contributed by atoms with Crippen LogP contribution in [-0.4, -0.2) is 35.1 Å². The fourth-order valence-electron chi connectivity index (χ4n) is 2.50. The molecule has 0 aliphatic rings. The van der Waals surface area contributed by atoms with Crippen LogP contribution in [0.1, 0.15) is 19.0 Å². The number of amides is 1. The van der Waals surface area contributed by atoms with Crippen molar-refractivity contribution in [3.05, 3.63) is 42.6 Å². The van der Waals surface area contributed by atoms with Gasteiger partial charge in [-0.15, -0.1) is 0 Å². The van der Waals surface area contributed by atoms with Crippen LogP contribution in [0.4, 0.5) is 5.13 Å². The van der Waals surface area contributed by atoms with Gasteiger partial charge < -0.3 is 9.88 Å². The molecular weight excluding hydrogens is 372 g/mol. The van der Waals surface area contributed by atoms with E-state index in [9.17, 15) is 13.2 Å². The average Bonchev–Trinajstić information content (AvgIpc) is 3.23. The maximum Gasteiger partial charge on any atom is 0.225 e. The second-order valence-corrected chi connectivity index (χ2v) is 8.74. The maximum absolute atomic E-state index is 12.1. The predicted octanol–water partition coefficient (Wildman–Crippen LogP) is 3.06. The lowest BCUT2D eigenvalue weighted by atomic mass is 10.1. The zero-order chi connectivity index (χ0) is 18.9. The molecule has 0 fully saturated rings. The Kier molecular flexibility index (Phi) is 4.92. The molecule has 3 rings (SSSR count). The molecule has 2 aromatic heterocycles. The summed E-state index contributed by atoms with van der Waals surface area (Å²) < 4.78 is 25.9. The number of benzene rings is 1. The normalized spacial score (nSPS) is 11.5. The van der Waals surface area contributed by atoms with E-state index in [2.05, 4.69) is 15.3 Å². The third-order valence-electron chi connectivity index (χ3n) is 3.77. The number of sulfone groups is 1. The first-order valence-corrected chi connectivity index (χ1v) is 10.6. The summed E-state index contributed by atoms with van der Waals surface area (Å²) in [6.07, 6.45) is 6.40. The van der Waals surface area contributed by atoms with Crippen LogP contribution in [0.5, 0.6) is 0 Å². The number of nitrogens with one attached hydrogen (secondary N) is 1. The van der Waals surface area contributed by atoms with Crippen LogP contribution < -0.4 is 5.32 Å². The van der Waals surface area contributed by atoms with Gasteiger partial charge in [-0.2, -0.15) is 0 Å². The first-order chi connectivity index (χ1) is 12.3. The number of anilines is 1. The van der Waals surface area contributed by atoms with Crippen LogP contribution in [0.15, 0.2) is 41.8 Å². The average molecular weight is 390 g/mol. The molecule has 136 valence electrons. The number of aromatic nitrogens is 3. The highest BCUT2D eigenvalue weighted by atomic mass is 32.2. The minimum Gasteiger partial charge on any atom is -0.305 e. The molecule has 26 heavy (non-hydrogen) atoms. The van der Waals surface area contributed by atoms with E-state index in [1.807, 2.05) is 6.92 Å². The summed E-state index contributed by atoms with van der Waals surface area (Å²) in [7, 11) is -3.40. The van der Waals surface area contributed by atoms with Crippen molar-refractivity contribution in [2.75, 3.05) is 11.6 Å². The van der Waals surface area contributed by atoms with Gasteiger partial charge in [0.15, 0.2) is 15.0 Å². The number of aryl methyl sites for hydroxylation is 1. The van der Waals surface area contributed by atoms with Gasteiger partial charge in [0.05, 0.1) is 27.5 Å². The molecule has 3 aromatic rings. The Morgan fingerprint density at radius 2 is 2.12 bits per heavy atom. The van der Waals surface area contributed by atoms with E-state index in [4.69, 9.17) is 0 Å². The SMILES string of the molecule is CCC(=O)Nc1nc(C)c(-c2ccc(S(C)(=O)=O)c(-n3ccnc3)c2)s1. The first-order valence-electron chi connectivity index (χ1n) is 7.89. The van der Waals surface area contributed by atoms with Crippen molar-refractivity contribution >= 4 is 32.2 Å². The zero-order valence-corrected chi connectivity index (χ0v) is 16.2. The van der Waals surface area contributed by atoms with E-state index in [0.717, 1.165) is 16.1 Å². The van der Waals surface area contributed by atoms with E-state index in [-0.39, 0.29) is 10.8 Å². The van der Waals surface area contributed by atoms with Crippen LogP contribution in [0.3, 0.4) is 0 Å². The highest BCUT2D eigenvalue weighted by Gasteiger charge is 2.18. The number of carbonyl (C=O) groups excluding carboxylic acids is 1. The first kappa shape index (κ1) is 18.3. The van der Waals surface area contributed by atoms with Crippen LogP contribution in [0.2, 0.25) is 0 Å². The topological polar surface area (TPSA) is 94.0 Å². The monoisotopic (exact) mass is 390 g/mol. The molecule has 0 aliphatic carbocycles. The van der Waals surface area contributed by atoms with E-state index < -0.39 is 9.84 Å². The van der Waals surface area contributed by atoms with Crippen LogP contribution >= 0.6 is 11.3 Å². The Morgan fingerprint density at radius 3 is 2.73 bits per heavy atom. The van der Waals surface area contributed by atoms with E-state index in [0.29, 0.717) is 17.2 Å². The molecule has 0 saturated heterocycles. The van der Waals surface area contributed by atoms with E-state index in [1.54, 1.807) is 48.4 Å².